The van der Waals surface area contributed by atoms with Crippen LogP contribution in [0.25, 0.3) is 0 Å². The van der Waals surface area contributed by atoms with E-state index in [4.69, 9.17) is 0 Å². The lowest BCUT2D eigenvalue weighted by atomic mass is 10.1. The van der Waals surface area contributed by atoms with Crippen LogP contribution in [0.3, 0.4) is 0 Å². The van der Waals surface area contributed by atoms with Gasteiger partial charge in [0.15, 0.2) is 0 Å². The van der Waals surface area contributed by atoms with Crippen molar-refractivity contribution in [2.24, 2.45) is 0 Å². The minimum absolute atomic E-state index is 0.0745. The molecule has 1 rings (SSSR count). The molecular weight excluding hydrogens is 236 g/mol. The zero-order chi connectivity index (χ0) is 14.3. The number of amides is 1. The maximum Gasteiger partial charge on any atom is 0.220 e. The van der Waals surface area contributed by atoms with Crippen LogP contribution in [-0.2, 0) is 4.79 Å². The second-order valence-corrected chi connectivity index (χ2v) is 5.42. The maximum atomic E-state index is 11.8. The van der Waals surface area contributed by atoms with Gasteiger partial charge in [0.2, 0.25) is 5.91 Å². The molecule has 1 atom stereocenters. The molecule has 19 heavy (non-hydrogen) atoms. The first-order valence-electron chi connectivity index (χ1n) is 7.08. The smallest absolute Gasteiger partial charge is 0.220 e. The topological polar surface area (TPSA) is 41.1 Å². The van der Waals surface area contributed by atoms with Gasteiger partial charge in [0.1, 0.15) is 0 Å². The van der Waals surface area contributed by atoms with E-state index in [9.17, 15) is 4.79 Å². The molecule has 1 amide bonds. The fraction of sp³-hybridized carbons (Fsp3) is 0.562. The number of benzene rings is 1. The molecule has 0 bridgehead atoms. The molecular formula is C16H26N2O. The number of aryl methyl sites for hydroxylation is 1. The summed E-state index contributed by atoms with van der Waals surface area (Å²) in [4.78, 5) is 11.8. The Balaban J connectivity index is 2.32. The van der Waals surface area contributed by atoms with Crippen molar-refractivity contribution in [3.05, 3.63) is 35.4 Å². The largest absolute Gasteiger partial charge is 0.350 e. The first kappa shape index (κ1) is 15.7. The molecule has 0 saturated carbocycles. The second-order valence-electron chi connectivity index (χ2n) is 5.42. The van der Waals surface area contributed by atoms with Gasteiger partial charge in [0, 0.05) is 12.5 Å². The highest BCUT2D eigenvalue weighted by Gasteiger charge is 2.09. The Labute approximate surface area is 116 Å². The second kappa shape index (κ2) is 7.95. The van der Waals surface area contributed by atoms with Crippen molar-refractivity contribution in [3.8, 4) is 0 Å². The lowest BCUT2D eigenvalue weighted by Gasteiger charge is -2.15. The minimum Gasteiger partial charge on any atom is -0.350 e. The number of carbonyl (C=O) groups is 1. The molecule has 0 saturated heterocycles. The van der Waals surface area contributed by atoms with Crippen LogP contribution in [-0.4, -0.2) is 18.5 Å². The predicted molar refractivity (Wildman–Crippen MR) is 80.1 cm³/mol. The molecule has 3 heteroatoms. The Morgan fingerprint density at radius 3 is 2.63 bits per heavy atom. The van der Waals surface area contributed by atoms with Crippen molar-refractivity contribution in [1.82, 2.24) is 10.6 Å². The van der Waals surface area contributed by atoms with Crippen molar-refractivity contribution < 1.29 is 4.79 Å². The molecule has 106 valence electrons. The van der Waals surface area contributed by atoms with E-state index < -0.39 is 0 Å². The summed E-state index contributed by atoms with van der Waals surface area (Å²) in [6.45, 7) is 9.21. The molecule has 2 N–H and O–H groups in total. The highest BCUT2D eigenvalue weighted by molar-refractivity contribution is 5.76. The van der Waals surface area contributed by atoms with Crippen LogP contribution in [0.4, 0.5) is 0 Å². The summed E-state index contributed by atoms with van der Waals surface area (Å²) in [7, 11) is 0. The van der Waals surface area contributed by atoms with E-state index in [1.807, 2.05) is 13.0 Å². The van der Waals surface area contributed by atoms with E-state index >= 15 is 0 Å². The standard InChI is InChI=1S/C16H26N2O/c1-12(2)17-10-6-9-16(19)18-14(4)15-8-5-7-13(3)11-15/h5,7-8,11-12,14,17H,6,9-10H2,1-4H3,(H,18,19)/t14-/m0/s1. The molecule has 0 radical (unpaired) electrons. The first-order valence-corrected chi connectivity index (χ1v) is 7.08. The highest BCUT2D eigenvalue weighted by atomic mass is 16.1. The van der Waals surface area contributed by atoms with Crippen molar-refractivity contribution in [2.75, 3.05) is 6.54 Å². The summed E-state index contributed by atoms with van der Waals surface area (Å²) < 4.78 is 0. The van der Waals surface area contributed by atoms with Gasteiger partial charge in [-0.1, -0.05) is 43.7 Å². The normalized spacial score (nSPS) is 12.5. The van der Waals surface area contributed by atoms with Gasteiger partial charge < -0.3 is 10.6 Å². The zero-order valence-electron chi connectivity index (χ0n) is 12.5. The fourth-order valence-corrected chi connectivity index (χ4v) is 1.98. The van der Waals surface area contributed by atoms with E-state index in [1.165, 1.54) is 5.56 Å². The average Bonchev–Trinajstić information content (AvgIpc) is 2.34. The van der Waals surface area contributed by atoms with Crippen LogP contribution in [0.15, 0.2) is 24.3 Å². The van der Waals surface area contributed by atoms with Crippen molar-refractivity contribution >= 4 is 5.91 Å². The first-order chi connectivity index (χ1) is 8.99. The quantitative estimate of drug-likeness (QED) is 0.742. The summed E-state index contributed by atoms with van der Waals surface area (Å²) in [6, 6.07) is 8.82. The Kier molecular flexibility index (Phi) is 6.57. The lowest BCUT2D eigenvalue weighted by Crippen LogP contribution is -2.28. The van der Waals surface area contributed by atoms with Crippen LogP contribution < -0.4 is 10.6 Å². The summed E-state index contributed by atoms with van der Waals surface area (Å²) in [5.74, 6) is 0.125. The fourth-order valence-electron chi connectivity index (χ4n) is 1.98. The van der Waals surface area contributed by atoms with Crippen LogP contribution in [0.1, 0.15) is 50.8 Å². The van der Waals surface area contributed by atoms with E-state index in [2.05, 4.69) is 49.6 Å². The molecule has 0 aromatic heterocycles. The predicted octanol–water partition coefficient (Wildman–Crippen LogP) is 2.95. The summed E-state index contributed by atoms with van der Waals surface area (Å²) in [6.07, 6.45) is 1.46. The molecule has 0 fully saturated rings. The van der Waals surface area contributed by atoms with Gasteiger partial charge in [-0.2, -0.15) is 0 Å². The number of hydrogen-bond acceptors (Lipinski definition) is 2. The Hall–Kier alpha value is -1.35. The molecule has 0 spiro atoms. The van der Waals surface area contributed by atoms with E-state index in [-0.39, 0.29) is 11.9 Å². The number of rotatable bonds is 7. The van der Waals surface area contributed by atoms with E-state index in [0.29, 0.717) is 12.5 Å². The molecule has 0 heterocycles. The third kappa shape index (κ3) is 6.39. The SMILES string of the molecule is Cc1cccc([C@H](C)NC(=O)CCCNC(C)C)c1. The third-order valence-corrected chi connectivity index (χ3v) is 3.05. The highest BCUT2D eigenvalue weighted by Crippen LogP contribution is 2.13. The van der Waals surface area contributed by atoms with Crippen LogP contribution >= 0.6 is 0 Å². The van der Waals surface area contributed by atoms with E-state index in [0.717, 1.165) is 18.5 Å². The monoisotopic (exact) mass is 262 g/mol. The van der Waals surface area contributed by atoms with Gasteiger partial charge in [-0.3, -0.25) is 4.79 Å². The average molecular weight is 262 g/mol. The number of carbonyl (C=O) groups excluding carboxylic acids is 1. The van der Waals surface area contributed by atoms with Gasteiger partial charge in [0.25, 0.3) is 0 Å². The molecule has 0 unspecified atom stereocenters. The molecule has 0 aliphatic carbocycles. The maximum absolute atomic E-state index is 11.8. The van der Waals surface area contributed by atoms with Crippen molar-refractivity contribution in [1.29, 1.82) is 0 Å². The van der Waals surface area contributed by atoms with Crippen LogP contribution in [0.5, 0.6) is 0 Å². The summed E-state index contributed by atoms with van der Waals surface area (Å²) in [5.41, 5.74) is 2.38. The molecule has 1 aromatic carbocycles. The van der Waals surface area contributed by atoms with Crippen LogP contribution in [0, 0.1) is 6.92 Å². The van der Waals surface area contributed by atoms with E-state index in [1.54, 1.807) is 0 Å². The van der Waals surface area contributed by atoms with Crippen LogP contribution in [0.2, 0.25) is 0 Å². The zero-order valence-corrected chi connectivity index (χ0v) is 12.5. The minimum atomic E-state index is 0.0745. The number of hydrogen-bond donors (Lipinski definition) is 2. The Bertz CT molecular complexity index is 401. The number of nitrogens with one attached hydrogen (secondary N) is 2. The summed E-state index contributed by atoms with van der Waals surface area (Å²) in [5, 5.41) is 6.36. The Morgan fingerprint density at radius 2 is 2.00 bits per heavy atom. The Morgan fingerprint density at radius 1 is 1.26 bits per heavy atom. The van der Waals surface area contributed by atoms with Gasteiger partial charge in [0.05, 0.1) is 6.04 Å². The molecule has 0 aliphatic rings. The van der Waals surface area contributed by atoms with Gasteiger partial charge in [-0.25, -0.2) is 0 Å². The van der Waals surface area contributed by atoms with Gasteiger partial charge >= 0.3 is 0 Å². The third-order valence-electron chi connectivity index (χ3n) is 3.05. The van der Waals surface area contributed by atoms with Gasteiger partial charge in [-0.05, 0) is 32.4 Å². The lowest BCUT2D eigenvalue weighted by molar-refractivity contribution is -0.121. The molecule has 3 nitrogen and oxygen atoms in total. The van der Waals surface area contributed by atoms with Crippen molar-refractivity contribution in [3.63, 3.8) is 0 Å². The molecule has 1 aromatic rings. The van der Waals surface area contributed by atoms with Crippen molar-refractivity contribution in [2.45, 2.75) is 52.6 Å². The summed E-state index contributed by atoms with van der Waals surface area (Å²) >= 11 is 0. The molecule has 0 aliphatic heterocycles. The van der Waals surface area contributed by atoms with Gasteiger partial charge in [-0.15, -0.1) is 0 Å².